The summed E-state index contributed by atoms with van der Waals surface area (Å²) < 4.78 is 0. The summed E-state index contributed by atoms with van der Waals surface area (Å²) in [4.78, 5) is 0. The van der Waals surface area contributed by atoms with Gasteiger partial charge in [0.15, 0.2) is 0 Å². The molecule has 1 heteroatoms. The number of rotatable bonds is 4. The third-order valence-electron chi connectivity index (χ3n) is 4.34. The van der Waals surface area contributed by atoms with Gasteiger partial charge in [0.2, 0.25) is 0 Å². The van der Waals surface area contributed by atoms with Crippen molar-refractivity contribution in [1.82, 2.24) is 0 Å². The van der Waals surface area contributed by atoms with Crippen molar-refractivity contribution in [3.63, 3.8) is 0 Å². The second-order valence-electron chi connectivity index (χ2n) is 6.03. The molecule has 1 radical (unpaired) electrons. The van der Waals surface area contributed by atoms with Gasteiger partial charge in [0, 0.05) is 5.92 Å². The predicted octanol–water partition coefficient (Wildman–Crippen LogP) is 4.97. The van der Waals surface area contributed by atoms with E-state index in [1.165, 1.54) is 5.56 Å². The Balaban J connectivity index is 2.10. The first-order chi connectivity index (χ1) is 11.2. The minimum absolute atomic E-state index is 0.0902. The lowest BCUT2D eigenvalue weighted by Gasteiger charge is -2.26. The Morgan fingerprint density at radius 2 is 1.52 bits per heavy atom. The van der Waals surface area contributed by atoms with E-state index in [0.29, 0.717) is 0 Å². The van der Waals surface area contributed by atoms with Gasteiger partial charge in [-0.2, -0.15) is 0 Å². The maximum atomic E-state index is 11.1. The SMILES string of the molecule is Cc1ccc(C(c2cc[c]cc2C)C(O)c2ccccc2)cc1. The van der Waals surface area contributed by atoms with Crippen LogP contribution < -0.4 is 0 Å². The van der Waals surface area contributed by atoms with Gasteiger partial charge >= 0.3 is 0 Å². The summed E-state index contributed by atoms with van der Waals surface area (Å²) in [6, 6.07) is 27.4. The van der Waals surface area contributed by atoms with Crippen LogP contribution >= 0.6 is 0 Å². The van der Waals surface area contributed by atoms with Crippen molar-refractivity contribution >= 4 is 0 Å². The molecule has 0 bridgehead atoms. The van der Waals surface area contributed by atoms with Crippen LogP contribution in [0.2, 0.25) is 0 Å². The highest BCUT2D eigenvalue weighted by Crippen LogP contribution is 2.38. The lowest BCUT2D eigenvalue weighted by molar-refractivity contribution is 0.159. The van der Waals surface area contributed by atoms with E-state index < -0.39 is 6.10 Å². The zero-order valence-corrected chi connectivity index (χ0v) is 13.5. The van der Waals surface area contributed by atoms with Crippen LogP contribution in [0.25, 0.3) is 0 Å². The fourth-order valence-electron chi connectivity index (χ4n) is 3.02. The van der Waals surface area contributed by atoms with Crippen LogP contribution in [0.3, 0.4) is 0 Å². The number of hydrogen-bond acceptors (Lipinski definition) is 1. The lowest BCUT2D eigenvalue weighted by Crippen LogP contribution is -2.14. The first kappa shape index (κ1) is 15.5. The van der Waals surface area contributed by atoms with Crippen molar-refractivity contribution in [2.75, 3.05) is 0 Å². The number of benzene rings is 3. The van der Waals surface area contributed by atoms with Gasteiger partial charge in [0.1, 0.15) is 0 Å². The van der Waals surface area contributed by atoms with Gasteiger partial charge in [-0.15, -0.1) is 0 Å². The molecule has 2 atom stereocenters. The Kier molecular flexibility index (Phi) is 4.59. The Labute approximate surface area is 138 Å². The van der Waals surface area contributed by atoms with Crippen LogP contribution in [0.1, 0.15) is 39.8 Å². The molecule has 0 saturated heterocycles. The third-order valence-corrected chi connectivity index (χ3v) is 4.34. The van der Waals surface area contributed by atoms with Gasteiger partial charge in [-0.3, -0.25) is 0 Å². The molecule has 115 valence electrons. The molecule has 3 rings (SSSR count). The molecular formula is C22H21O. The molecule has 0 heterocycles. The lowest BCUT2D eigenvalue weighted by atomic mass is 9.81. The van der Waals surface area contributed by atoms with Crippen molar-refractivity contribution in [3.8, 4) is 0 Å². The minimum atomic E-state index is -0.583. The molecule has 0 aliphatic heterocycles. The fraction of sp³-hybridized carbons (Fsp3) is 0.182. The predicted molar refractivity (Wildman–Crippen MR) is 94.4 cm³/mol. The molecule has 23 heavy (non-hydrogen) atoms. The maximum absolute atomic E-state index is 11.1. The molecule has 1 nitrogen and oxygen atoms in total. The van der Waals surface area contributed by atoms with Crippen molar-refractivity contribution in [1.29, 1.82) is 0 Å². The highest BCUT2D eigenvalue weighted by molar-refractivity contribution is 5.41. The second-order valence-corrected chi connectivity index (χ2v) is 6.03. The quantitative estimate of drug-likeness (QED) is 0.721. The van der Waals surface area contributed by atoms with Gasteiger partial charge in [-0.25, -0.2) is 0 Å². The summed E-state index contributed by atoms with van der Waals surface area (Å²) in [5.74, 6) is -0.0902. The first-order valence-electron chi connectivity index (χ1n) is 7.93. The highest BCUT2D eigenvalue weighted by atomic mass is 16.3. The number of hydrogen-bond donors (Lipinski definition) is 1. The molecule has 0 fully saturated rings. The number of aryl methyl sites for hydroxylation is 2. The van der Waals surface area contributed by atoms with Crippen molar-refractivity contribution in [2.45, 2.75) is 25.9 Å². The van der Waals surface area contributed by atoms with Crippen LogP contribution in [0.4, 0.5) is 0 Å². The molecule has 0 amide bonds. The average molecular weight is 301 g/mol. The average Bonchev–Trinajstić information content (AvgIpc) is 2.59. The molecule has 0 saturated carbocycles. The Morgan fingerprint density at radius 1 is 0.826 bits per heavy atom. The van der Waals surface area contributed by atoms with Crippen LogP contribution in [-0.4, -0.2) is 5.11 Å². The normalized spacial score (nSPS) is 13.5. The Morgan fingerprint density at radius 3 is 2.17 bits per heavy atom. The van der Waals surface area contributed by atoms with E-state index in [2.05, 4.69) is 50.2 Å². The van der Waals surface area contributed by atoms with E-state index in [4.69, 9.17) is 0 Å². The minimum Gasteiger partial charge on any atom is -0.387 e. The van der Waals surface area contributed by atoms with Crippen molar-refractivity contribution in [2.24, 2.45) is 0 Å². The van der Waals surface area contributed by atoms with Gasteiger partial charge in [0.05, 0.1) is 6.10 Å². The monoisotopic (exact) mass is 301 g/mol. The summed E-state index contributed by atoms with van der Waals surface area (Å²) >= 11 is 0. The van der Waals surface area contributed by atoms with E-state index in [9.17, 15) is 5.11 Å². The van der Waals surface area contributed by atoms with E-state index in [1.807, 2.05) is 42.5 Å². The van der Waals surface area contributed by atoms with Crippen LogP contribution in [0.15, 0.2) is 72.8 Å². The topological polar surface area (TPSA) is 20.2 Å². The zero-order chi connectivity index (χ0) is 16.2. The van der Waals surface area contributed by atoms with Crippen molar-refractivity contribution < 1.29 is 5.11 Å². The largest absolute Gasteiger partial charge is 0.387 e. The molecular weight excluding hydrogens is 280 g/mol. The Bertz CT molecular complexity index is 759. The summed E-state index contributed by atoms with van der Waals surface area (Å²) in [5.41, 5.74) is 5.57. The molecule has 0 aliphatic rings. The van der Waals surface area contributed by atoms with Crippen LogP contribution in [0.5, 0.6) is 0 Å². The number of aliphatic hydroxyl groups excluding tert-OH is 1. The summed E-state index contributed by atoms with van der Waals surface area (Å²) in [7, 11) is 0. The molecule has 3 aromatic rings. The molecule has 1 N–H and O–H groups in total. The summed E-state index contributed by atoms with van der Waals surface area (Å²) in [6.45, 7) is 4.15. The molecule has 0 spiro atoms. The van der Waals surface area contributed by atoms with E-state index >= 15 is 0 Å². The smallest absolute Gasteiger partial charge is 0.0899 e. The van der Waals surface area contributed by atoms with E-state index in [1.54, 1.807) is 0 Å². The number of aliphatic hydroxyl groups is 1. The standard InChI is InChI=1S/C22H21O/c1-16-12-14-18(15-13-16)21(20-11-7-6-8-17(20)2)22(23)19-9-4-3-5-10-19/h3-5,7-15,21-23H,1-2H3. The van der Waals surface area contributed by atoms with Crippen molar-refractivity contribution in [3.05, 3.63) is 107 Å². The molecule has 3 aromatic carbocycles. The summed E-state index contributed by atoms with van der Waals surface area (Å²) in [5, 5.41) is 11.1. The Hall–Kier alpha value is -2.38. The summed E-state index contributed by atoms with van der Waals surface area (Å²) in [6.07, 6.45) is -0.583. The first-order valence-corrected chi connectivity index (χ1v) is 7.93. The molecule has 0 aliphatic carbocycles. The fourth-order valence-corrected chi connectivity index (χ4v) is 3.02. The van der Waals surface area contributed by atoms with Gasteiger partial charge in [-0.05, 0) is 42.2 Å². The zero-order valence-electron chi connectivity index (χ0n) is 13.5. The highest BCUT2D eigenvalue weighted by Gasteiger charge is 2.25. The molecule has 2 unspecified atom stereocenters. The third kappa shape index (κ3) is 3.35. The molecule has 0 aromatic heterocycles. The van der Waals surface area contributed by atoms with E-state index in [0.717, 1.165) is 22.3 Å². The van der Waals surface area contributed by atoms with Gasteiger partial charge < -0.3 is 5.11 Å². The van der Waals surface area contributed by atoms with Gasteiger partial charge in [-0.1, -0.05) is 78.4 Å². The van der Waals surface area contributed by atoms with Gasteiger partial charge in [0.25, 0.3) is 0 Å². The second kappa shape index (κ2) is 6.80. The van der Waals surface area contributed by atoms with E-state index in [-0.39, 0.29) is 5.92 Å². The van der Waals surface area contributed by atoms with Crippen LogP contribution in [-0.2, 0) is 0 Å². The maximum Gasteiger partial charge on any atom is 0.0899 e. The van der Waals surface area contributed by atoms with Crippen LogP contribution in [0, 0.1) is 19.9 Å².